The molecule has 256 valence electrons. The van der Waals surface area contributed by atoms with Gasteiger partial charge in [-0.3, -0.25) is 4.21 Å². The van der Waals surface area contributed by atoms with Crippen LogP contribution in [0.4, 0.5) is 34.1 Å². The average Bonchev–Trinajstić information content (AvgIpc) is 3.61. The highest BCUT2D eigenvalue weighted by Crippen LogP contribution is 2.71. The fraction of sp³-hybridized carbons (Fsp3) is 0. The molecule has 1 spiro atoms. The van der Waals surface area contributed by atoms with Crippen molar-refractivity contribution in [3.63, 3.8) is 0 Å². The maximum absolute atomic E-state index is 17.4. The van der Waals surface area contributed by atoms with Crippen molar-refractivity contribution in [3.8, 4) is 45.3 Å². The summed E-state index contributed by atoms with van der Waals surface area (Å²) in [6, 6.07) is 62.0. The summed E-state index contributed by atoms with van der Waals surface area (Å²) >= 11 is 0. The van der Waals surface area contributed by atoms with E-state index in [9.17, 15) is 0 Å². The predicted molar refractivity (Wildman–Crippen MR) is 214 cm³/mol. The topological polar surface area (TPSA) is 42.0 Å². The molecule has 6 heteroatoms. The largest absolute Gasteiger partial charge is 0.453 e. The van der Waals surface area contributed by atoms with Crippen molar-refractivity contribution in [2.75, 3.05) is 9.80 Å². The molecule has 0 aliphatic carbocycles. The highest BCUT2D eigenvalue weighted by atomic mass is 32.3. The van der Waals surface area contributed by atoms with Crippen LogP contribution in [-0.2, 0) is 9.07 Å². The van der Waals surface area contributed by atoms with Crippen LogP contribution in [0.1, 0.15) is 0 Å². The van der Waals surface area contributed by atoms with Crippen molar-refractivity contribution >= 4 is 43.2 Å². The lowest BCUT2D eigenvalue weighted by atomic mass is 10.0. The van der Waals surface area contributed by atoms with E-state index in [1.54, 1.807) is 0 Å². The zero-order chi connectivity index (χ0) is 35.6. The Kier molecular flexibility index (Phi) is 5.70. The van der Waals surface area contributed by atoms with Crippen molar-refractivity contribution in [2.24, 2.45) is 0 Å². The monoisotopic (exact) mass is 714 g/mol. The van der Waals surface area contributed by atoms with Gasteiger partial charge in [0.25, 0.3) is 0 Å². The van der Waals surface area contributed by atoms with Crippen LogP contribution in [0.5, 0.6) is 23.0 Å². The number of para-hydroxylation sites is 8. The second-order valence-corrected chi connectivity index (χ2v) is 17.7. The smallest absolute Gasteiger partial charge is 0.151 e. The summed E-state index contributed by atoms with van der Waals surface area (Å²) in [5.41, 5.74) is 9.71. The molecular weight excluding hydrogens is 685 g/mol. The van der Waals surface area contributed by atoms with E-state index in [1.807, 2.05) is 84.9 Å². The SMILES string of the molecule is O=S12(c3ccccc3-c3cc(N4c5ccccc5Oc5ccccc54)ccc31)c1ccccc1-c1cc(N3c4ccccc4Oc4ccccc43)ccc12. The zero-order valence-corrected chi connectivity index (χ0v) is 29.7. The highest BCUT2D eigenvalue weighted by molar-refractivity contribution is 8.21. The lowest BCUT2D eigenvalue weighted by Gasteiger charge is -2.39. The number of anilines is 6. The average molecular weight is 715 g/mol. The highest BCUT2D eigenvalue weighted by Gasteiger charge is 2.57. The number of rotatable bonds is 2. The Balaban J connectivity index is 1.11. The summed E-state index contributed by atoms with van der Waals surface area (Å²) in [5.74, 6) is 3.17. The molecule has 0 saturated carbocycles. The molecule has 0 amide bonds. The van der Waals surface area contributed by atoms with Crippen molar-refractivity contribution in [2.45, 2.75) is 19.6 Å². The Morgan fingerprint density at radius 2 is 0.648 bits per heavy atom. The first kappa shape index (κ1) is 29.7. The van der Waals surface area contributed by atoms with Crippen LogP contribution in [0.25, 0.3) is 22.3 Å². The number of fused-ring (bicyclic) bond motifs is 14. The molecular formula is C48H30N2O3S. The maximum Gasteiger partial charge on any atom is 0.151 e. The third-order valence-electron chi connectivity index (χ3n) is 11.3. The van der Waals surface area contributed by atoms with Crippen LogP contribution in [-0.4, -0.2) is 4.21 Å². The van der Waals surface area contributed by atoms with Crippen LogP contribution in [0.3, 0.4) is 0 Å². The number of hydrogen-bond donors (Lipinski definition) is 0. The Hall–Kier alpha value is -6.89. The third kappa shape index (κ3) is 3.56. The molecule has 0 aromatic heterocycles. The van der Waals surface area contributed by atoms with Gasteiger partial charge in [-0.25, -0.2) is 0 Å². The van der Waals surface area contributed by atoms with E-state index in [4.69, 9.17) is 9.47 Å². The quantitative estimate of drug-likeness (QED) is 0.178. The summed E-state index contributed by atoms with van der Waals surface area (Å²) in [7, 11) is -4.08. The van der Waals surface area contributed by atoms with Gasteiger partial charge in [-0.05, 0) is 108 Å². The van der Waals surface area contributed by atoms with E-state index in [-0.39, 0.29) is 0 Å². The standard InChI is InChI=1S/C48H30N2O3S/c51-54(45-23-11-1-13-33(45)35-29-31(25-27-47(35)54)49-37-15-3-7-19-41(37)52-42-20-8-4-16-38(42)49)46-24-12-2-14-34(46)36-30-32(26-28-48(36)54)50-39-17-5-9-21-43(39)53-44-22-10-6-18-40(44)50/h1-30H. The van der Waals surface area contributed by atoms with E-state index >= 15 is 4.21 Å². The first-order valence-electron chi connectivity index (χ1n) is 18.1. The first-order chi connectivity index (χ1) is 26.6. The molecule has 0 saturated heterocycles. The predicted octanol–water partition coefficient (Wildman–Crippen LogP) is 13.2. The lowest BCUT2D eigenvalue weighted by Crippen LogP contribution is -2.30. The van der Waals surface area contributed by atoms with Gasteiger partial charge in [-0.1, -0.05) is 84.9 Å². The maximum atomic E-state index is 17.4. The van der Waals surface area contributed by atoms with Gasteiger partial charge in [0.2, 0.25) is 0 Å². The van der Waals surface area contributed by atoms with E-state index in [1.165, 1.54) is 0 Å². The summed E-state index contributed by atoms with van der Waals surface area (Å²) in [6.07, 6.45) is 0. The molecule has 4 aliphatic heterocycles. The van der Waals surface area contributed by atoms with E-state index in [0.717, 1.165) is 99.0 Å². The van der Waals surface area contributed by atoms with Crippen molar-refractivity contribution in [3.05, 3.63) is 182 Å². The summed E-state index contributed by atoms with van der Waals surface area (Å²) < 4.78 is 30.1. The number of hydrogen-bond acceptors (Lipinski definition) is 5. The fourth-order valence-corrected chi connectivity index (χ4v) is 14.3. The summed E-state index contributed by atoms with van der Waals surface area (Å²) in [5, 5.41) is 0. The summed E-state index contributed by atoms with van der Waals surface area (Å²) in [4.78, 5) is 7.88. The number of nitrogens with zero attached hydrogens (tertiary/aromatic N) is 2. The molecule has 4 heterocycles. The molecule has 4 aliphatic rings. The molecule has 0 atom stereocenters. The number of ether oxygens (including phenoxy) is 2. The normalized spacial score (nSPS) is 16.1. The Morgan fingerprint density at radius 3 is 1.04 bits per heavy atom. The van der Waals surface area contributed by atoms with Gasteiger partial charge in [-0.15, -0.1) is 0 Å². The molecule has 5 nitrogen and oxygen atoms in total. The van der Waals surface area contributed by atoms with Crippen LogP contribution in [0, 0.1) is 0 Å². The van der Waals surface area contributed by atoms with E-state index < -0.39 is 9.07 Å². The van der Waals surface area contributed by atoms with Gasteiger partial charge in [0.15, 0.2) is 23.0 Å². The number of benzene rings is 8. The van der Waals surface area contributed by atoms with Crippen LogP contribution >= 0.6 is 0 Å². The molecule has 54 heavy (non-hydrogen) atoms. The minimum absolute atomic E-state index is 0.793. The Morgan fingerprint density at radius 1 is 0.333 bits per heavy atom. The van der Waals surface area contributed by atoms with E-state index in [2.05, 4.69) is 107 Å². The zero-order valence-electron chi connectivity index (χ0n) is 28.8. The summed E-state index contributed by atoms with van der Waals surface area (Å²) in [6.45, 7) is 0. The molecule has 0 fully saturated rings. The third-order valence-corrected chi connectivity index (χ3v) is 16.1. The first-order valence-corrected chi connectivity index (χ1v) is 20.0. The van der Waals surface area contributed by atoms with Crippen molar-refractivity contribution < 1.29 is 13.7 Å². The van der Waals surface area contributed by atoms with Gasteiger partial charge < -0.3 is 19.3 Å². The minimum Gasteiger partial charge on any atom is -0.453 e. The van der Waals surface area contributed by atoms with Gasteiger partial charge in [0.05, 0.1) is 22.7 Å². The fourth-order valence-electron chi connectivity index (χ4n) is 9.15. The second-order valence-electron chi connectivity index (χ2n) is 14.0. The molecule has 12 rings (SSSR count). The van der Waals surface area contributed by atoms with Gasteiger partial charge >= 0.3 is 0 Å². The molecule has 0 unspecified atom stereocenters. The van der Waals surface area contributed by atoms with Crippen LogP contribution < -0.4 is 19.3 Å². The van der Waals surface area contributed by atoms with Crippen molar-refractivity contribution in [1.82, 2.24) is 0 Å². The van der Waals surface area contributed by atoms with Gasteiger partial charge in [0.1, 0.15) is 0 Å². The van der Waals surface area contributed by atoms with Crippen LogP contribution in [0.15, 0.2) is 202 Å². The Labute approximate surface area is 312 Å². The van der Waals surface area contributed by atoms with Gasteiger partial charge in [0, 0.05) is 51.1 Å². The minimum atomic E-state index is -4.08. The molecule has 8 aromatic carbocycles. The molecule has 0 N–H and O–H groups in total. The second kappa shape index (κ2) is 10.4. The lowest BCUT2D eigenvalue weighted by molar-refractivity contribution is 0.477. The molecule has 0 radical (unpaired) electrons. The van der Waals surface area contributed by atoms with Gasteiger partial charge in [-0.2, -0.15) is 0 Å². The van der Waals surface area contributed by atoms with Crippen LogP contribution in [0.2, 0.25) is 0 Å². The van der Waals surface area contributed by atoms with Crippen molar-refractivity contribution in [1.29, 1.82) is 0 Å². The molecule has 0 bridgehead atoms. The Bertz CT molecular complexity index is 2710. The van der Waals surface area contributed by atoms with E-state index in [0.29, 0.717) is 0 Å². The molecule has 8 aromatic rings.